The zero-order chi connectivity index (χ0) is 14.7. The maximum atomic E-state index is 11.8. The fourth-order valence-corrected chi connectivity index (χ4v) is 2.43. The number of esters is 1. The van der Waals surface area contributed by atoms with Crippen LogP contribution >= 0.6 is 0 Å². The fourth-order valence-electron chi connectivity index (χ4n) is 2.43. The van der Waals surface area contributed by atoms with E-state index in [-0.39, 0.29) is 12.0 Å². The van der Waals surface area contributed by atoms with Crippen molar-refractivity contribution in [1.82, 2.24) is 4.57 Å². The highest BCUT2D eigenvalue weighted by Gasteiger charge is 2.17. The molecule has 0 fully saturated rings. The van der Waals surface area contributed by atoms with Gasteiger partial charge in [-0.1, -0.05) is 29.8 Å². The number of aromatic nitrogens is 1. The van der Waals surface area contributed by atoms with Gasteiger partial charge in [0.2, 0.25) is 0 Å². The monoisotopic (exact) mass is 271 g/mol. The van der Waals surface area contributed by atoms with E-state index in [0.717, 1.165) is 12.1 Å². The van der Waals surface area contributed by atoms with Crippen LogP contribution in [0.25, 0.3) is 0 Å². The molecule has 0 aliphatic heterocycles. The van der Waals surface area contributed by atoms with Crippen molar-refractivity contribution < 1.29 is 9.53 Å². The molecule has 20 heavy (non-hydrogen) atoms. The number of ether oxygens (including phenoxy) is 1. The minimum absolute atomic E-state index is 0.222. The van der Waals surface area contributed by atoms with Gasteiger partial charge in [-0.3, -0.25) is 0 Å². The number of methoxy groups -OCH3 is 1. The highest BCUT2D eigenvalue weighted by Crippen LogP contribution is 2.20. The minimum atomic E-state index is -0.283. The maximum absolute atomic E-state index is 11.8. The van der Waals surface area contributed by atoms with Crippen LogP contribution in [0.5, 0.6) is 0 Å². The number of carbonyl (C=O) groups excluding carboxylic acids is 1. The average Bonchev–Trinajstić information content (AvgIpc) is 2.84. The van der Waals surface area contributed by atoms with E-state index in [1.165, 1.54) is 18.2 Å². The smallest absolute Gasteiger partial charge is 0.354 e. The lowest BCUT2D eigenvalue weighted by Crippen LogP contribution is -2.15. The Hall–Kier alpha value is -2.03. The number of aryl methyl sites for hydroxylation is 1. The van der Waals surface area contributed by atoms with Crippen molar-refractivity contribution in [2.24, 2.45) is 0 Å². The van der Waals surface area contributed by atoms with Crippen molar-refractivity contribution in [3.63, 3.8) is 0 Å². The van der Waals surface area contributed by atoms with Gasteiger partial charge in [0.25, 0.3) is 0 Å². The lowest BCUT2D eigenvalue weighted by atomic mass is 10.1. The first-order valence-electron chi connectivity index (χ1n) is 6.87. The van der Waals surface area contributed by atoms with Crippen LogP contribution in [0.2, 0.25) is 0 Å². The summed E-state index contributed by atoms with van der Waals surface area (Å²) in [5.41, 5.74) is 4.24. The number of hydrogen-bond acceptors (Lipinski definition) is 2. The second kappa shape index (κ2) is 5.95. The second-order valence-corrected chi connectivity index (χ2v) is 5.33. The molecule has 3 nitrogen and oxygen atoms in total. The summed E-state index contributed by atoms with van der Waals surface area (Å²) in [7, 11) is 1.42. The molecule has 0 atom stereocenters. The van der Waals surface area contributed by atoms with E-state index in [0.29, 0.717) is 5.69 Å². The molecule has 2 rings (SSSR count). The van der Waals surface area contributed by atoms with E-state index in [2.05, 4.69) is 45.0 Å². The molecule has 0 amide bonds. The van der Waals surface area contributed by atoms with Gasteiger partial charge >= 0.3 is 5.97 Å². The summed E-state index contributed by atoms with van der Waals surface area (Å²) in [4.78, 5) is 11.8. The number of nitrogens with zero attached hydrogens (tertiary/aromatic N) is 1. The lowest BCUT2D eigenvalue weighted by Gasteiger charge is -2.16. The topological polar surface area (TPSA) is 31.2 Å². The molecule has 3 heteroatoms. The first kappa shape index (κ1) is 14.4. The minimum Gasteiger partial charge on any atom is -0.464 e. The van der Waals surface area contributed by atoms with Crippen LogP contribution in [0.3, 0.4) is 0 Å². The van der Waals surface area contributed by atoms with Crippen LogP contribution in [0.4, 0.5) is 0 Å². The van der Waals surface area contributed by atoms with Crippen molar-refractivity contribution in [1.29, 1.82) is 0 Å². The molecule has 2 aromatic rings. The summed E-state index contributed by atoms with van der Waals surface area (Å²) in [5.74, 6) is -0.283. The van der Waals surface area contributed by atoms with E-state index in [9.17, 15) is 4.79 Å². The lowest BCUT2D eigenvalue weighted by molar-refractivity contribution is 0.0586. The van der Waals surface area contributed by atoms with Gasteiger partial charge in [-0.15, -0.1) is 0 Å². The summed E-state index contributed by atoms with van der Waals surface area (Å²) >= 11 is 0. The van der Waals surface area contributed by atoms with Crippen molar-refractivity contribution in [3.05, 3.63) is 58.9 Å². The molecule has 0 aliphatic rings. The summed E-state index contributed by atoms with van der Waals surface area (Å²) < 4.78 is 6.89. The van der Waals surface area contributed by atoms with Crippen LogP contribution in [0, 0.1) is 6.92 Å². The van der Waals surface area contributed by atoms with Crippen molar-refractivity contribution >= 4 is 5.97 Å². The van der Waals surface area contributed by atoms with Gasteiger partial charge in [0.05, 0.1) is 7.11 Å². The molecule has 0 saturated carbocycles. The van der Waals surface area contributed by atoms with Crippen LogP contribution in [-0.2, 0) is 11.2 Å². The van der Waals surface area contributed by atoms with Crippen molar-refractivity contribution in [3.8, 4) is 0 Å². The van der Waals surface area contributed by atoms with Gasteiger partial charge in [-0.2, -0.15) is 0 Å². The number of hydrogen-bond donors (Lipinski definition) is 0. The molecule has 1 aromatic carbocycles. The molecule has 0 unspecified atom stereocenters. The van der Waals surface area contributed by atoms with Gasteiger partial charge in [0.1, 0.15) is 5.69 Å². The van der Waals surface area contributed by atoms with E-state index >= 15 is 0 Å². The normalized spacial score (nSPS) is 10.8. The van der Waals surface area contributed by atoms with Crippen molar-refractivity contribution in [2.45, 2.75) is 33.2 Å². The molecule has 0 spiro atoms. The zero-order valence-corrected chi connectivity index (χ0v) is 12.5. The van der Waals surface area contributed by atoms with Crippen molar-refractivity contribution in [2.75, 3.05) is 7.11 Å². The highest BCUT2D eigenvalue weighted by molar-refractivity contribution is 5.88. The first-order chi connectivity index (χ1) is 9.52. The molecule has 106 valence electrons. The third kappa shape index (κ3) is 2.93. The predicted molar refractivity (Wildman–Crippen MR) is 80.1 cm³/mol. The van der Waals surface area contributed by atoms with Crippen LogP contribution in [0.15, 0.2) is 36.4 Å². The SMILES string of the molecule is COC(=O)c1ccc(Cc2ccc(C)cc2)n1C(C)C. The molecule has 0 radical (unpaired) electrons. The first-order valence-corrected chi connectivity index (χ1v) is 6.87. The highest BCUT2D eigenvalue weighted by atomic mass is 16.5. The summed E-state index contributed by atoms with van der Waals surface area (Å²) in [6.07, 6.45) is 0.815. The predicted octanol–water partition coefficient (Wildman–Crippen LogP) is 3.75. The molecule has 0 saturated heterocycles. The van der Waals surface area contributed by atoms with Crippen LogP contribution < -0.4 is 0 Å². The van der Waals surface area contributed by atoms with E-state index < -0.39 is 0 Å². The molecule has 1 aromatic heterocycles. The third-order valence-electron chi connectivity index (χ3n) is 3.42. The Kier molecular flexibility index (Phi) is 4.28. The molecule has 0 bridgehead atoms. The van der Waals surface area contributed by atoms with Gasteiger partial charge in [0, 0.05) is 18.2 Å². The van der Waals surface area contributed by atoms with E-state index in [1.807, 2.05) is 16.7 Å². The van der Waals surface area contributed by atoms with Gasteiger partial charge in [0.15, 0.2) is 0 Å². The Bertz CT molecular complexity index is 594. The van der Waals surface area contributed by atoms with E-state index in [1.54, 1.807) is 0 Å². The largest absolute Gasteiger partial charge is 0.464 e. The van der Waals surface area contributed by atoms with Crippen LogP contribution in [0.1, 0.15) is 47.2 Å². The van der Waals surface area contributed by atoms with Gasteiger partial charge < -0.3 is 9.30 Å². The Morgan fingerprint density at radius 1 is 1.15 bits per heavy atom. The zero-order valence-electron chi connectivity index (χ0n) is 12.5. The Morgan fingerprint density at radius 2 is 1.80 bits per heavy atom. The van der Waals surface area contributed by atoms with E-state index in [4.69, 9.17) is 4.74 Å². The maximum Gasteiger partial charge on any atom is 0.354 e. The second-order valence-electron chi connectivity index (χ2n) is 5.33. The van der Waals surface area contributed by atoms with Gasteiger partial charge in [-0.05, 0) is 38.5 Å². The molecular formula is C17H21NO2. The standard InChI is InChI=1S/C17H21NO2/c1-12(2)18-15(9-10-16(18)17(19)20-4)11-14-7-5-13(3)6-8-14/h5-10,12H,11H2,1-4H3. The van der Waals surface area contributed by atoms with Crippen LogP contribution in [-0.4, -0.2) is 17.6 Å². The number of rotatable bonds is 4. The molecule has 1 heterocycles. The molecule has 0 N–H and O–H groups in total. The summed E-state index contributed by atoms with van der Waals surface area (Å²) in [6, 6.07) is 12.6. The van der Waals surface area contributed by atoms with Gasteiger partial charge in [-0.25, -0.2) is 4.79 Å². The third-order valence-corrected chi connectivity index (χ3v) is 3.42. The fraction of sp³-hybridized carbons (Fsp3) is 0.353. The molecule has 0 aliphatic carbocycles. The summed E-state index contributed by atoms with van der Waals surface area (Å²) in [5, 5.41) is 0. The molecular weight excluding hydrogens is 250 g/mol. The Balaban J connectivity index is 2.34. The number of benzene rings is 1. The Labute approximate surface area is 120 Å². The average molecular weight is 271 g/mol. The Morgan fingerprint density at radius 3 is 2.35 bits per heavy atom. The number of carbonyl (C=O) groups is 1. The quantitative estimate of drug-likeness (QED) is 0.793. The summed E-state index contributed by atoms with van der Waals surface area (Å²) in [6.45, 7) is 6.23.